The minimum Gasteiger partial charge on any atom is -0.456 e. The number of esters is 1. The van der Waals surface area contributed by atoms with E-state index in [1.807, 2.05) is 6.07 Å². The van der Waals surface area contributed by atoms with Crippen molar-refractivity contribution in [3.8, 4) is 0 Å². The molecule has 2 aromatic carbocycles. The highest BCUT2D eigenvalue weighted by Gasteiger charge is 2.40. The second-order valence-electron chi connectivity index (χ2n) is 13.0. The molecule has 7 nitrogen and oxygen atoms in total. The fourth-order valence-corrected chi connectivity index (χ4v) is 7.93. The molecule has 3 heterocycles. The van der Waals surface area contributed by atoms with E-state index in [0.29, 0.717) is 24.8 Å². The molecular weight excluding hydrogens is 528 g/mol. The first-order valence-corrected chi connectivity index (χ1v) is 19.0. The van der Waals surface area contributed by atoms with Crippen LogP contribution in [0.4, 0.5) is 0 Å². The lowest BCUT2D eigenvalue weighted by Gasteiger charge is -2.25. The van der Waals surface area contributed by atoms with Crippen molar-refractivity contribution in [1.82, 2.24) is 9.88 Å². The van der Waals surface area contributed by atoms with Gasteiger partial charge in [-0.2, -0.15) is 0 Å². The molecule has 2 unspecified atom stereocenters. The van der Waals surface area contributed by atoms with Crippen LogP contribution in [-0.4, -0.2) is 45.3 Å². The maximum absolute atomic E-state index is 14.0. The average molecular weight is 569 g/mol. The van der Waals surface area contributed by atoms with Crippen molar-refractivity contribution in [3.63, 3.8) is 0 Å². The molecule has 1 fully saturated rings. The standard InChI is InChI=1S/C30H40N2O5SSi/c1-30(2,3)37-29(33)28-25(38(34,35)21-10-8-7-9-11-21)15-14-23-27(28)26-22-13-12-20(31-22)18-24(26)32(23)19-36-16-17-39(4,5)6/h7-11,14-15,20,22,31H,12-13,16-19H2,1-6H3. The van der Waals surface area contributed by atoms with E-state index < -0.39 is 29.5 Å². The summed E-state index contributed by atoms with van der Waals surface area (Å²) >= 11 is 0. The number of hydrogen-bond acceptors (Lipinski definition) is 6. The van der Waals surface area contributed by atoms with Crippen LogP contribution in [-0.2, 0) is 32.5 Å². The zero-order valence-electron chi connectivity index (χ0n) is 23.8. The second kappa shape index (κ2) is 10.2. The third-order valence-electron chi connectivity index (χ3n) is 7.53. The van der Waals surface area contributed by atoms with Crippen LogP contribution >= 0.6 is 0 Å². The van der Waals surface area contributed by atoms with Gasteiger partial charge in [-0.25, -0.2) is 13.2 Å². The molecule has 1 saturated heterocycles. The molecule has 2 aliphatic heterocycles. The Morgan fingerprint density at radius 3 is 2.46 bits per heavy atom. The van der Waals surface area contributed by atoms with Gasteiger partial charge in [0.25, 0.3) is 0 Å². The van der Waals surface area contributed by atoms with Gasteiger partial charge in [0, 0.05) is 44.3 Å². The number of sulfone groups is 1. The van der Waals surface area contributed by atoms with Crippen molar-refractivity contribution in [1.29, 1.82) is 0 Å². The van der Waals surface area contributed by atoms with Crippen LogP contribution in [0.3, 0.4) is 0 Å². The molecule has 2 bridgehead atoms. The molecule has 2 atom stereocenters. The Morgan fingerprint density at radius 2 is 1.79 bits per heavy atom. The predicted octanol–water partition coefficient (Wildman–Crippen LogP) is 6.09. The van der Waals surface area contributed by atoms with Crippen molar-refractivity contribution in [2.45, 2.75) is 99.9 Å². The molecule has 210 valence electrons. The zero-order valence-corrected chi connectivity index (χ0v) is 25.7. The van der Waals surface area contributed by atoms with Crippen molar-refractivity contribution < 1.29 is 22.7 Å². The number of carbonyl (C=O) groups excluding carboxylic acids is 1. The third kappa shape index (κ3) is 5.59. The third-order valence-corrected chi connectivity index (χ3v) is 11.0. The number of nitrogens with one attached hydrogen (secondary N) is 1. The lowest BCUT2D eigenvalue weighted by molar-refractivity contribution is 0.00674. The monoisotopic (exact) mass is 568 g/mol. The first-order valence-electron chi connectivity index (χ1n) is 13.8. The molecule has 0 saturated carbocycles. The van der Waals surface area contributed by atoms with Gasteiger partial charge in [0.15, 0.2) is 0 Å². The first-order chi connectivity index (χ1) is 18.3. The van der Waals surface area contributed by atoms with Crippen molar-refractivity contribution in [3.05, 3.63) is 59.3 Å². The Bertz CT molecular complexity index is 1500. The maximum atomic E-state index is 14.0. The number of aromatic nitrogens is 1. The number of hydrogen-bond donors (Lipinski definition) is 1. The molecule has 2 aliphatic rings. The summed E-state index contributed by atoms with van der Waals surface area (Å²) in [5.74, 6) is -0.623. The molecule has 3 aromatic rings. The molecule has 1 aromatic heterocycles. The van der Waals surface area contributed by atoms with Gasteiger partial charge in [-0.1, -0.05) is 37.8 Å². The summed E-state index contributed by atoms with van der Waals surface area (Å²) < 4.78 is 42.1. The Morgan fingerprint density at radius 1 is 1.08 bits per heavy atom. The number of ether oxygens (including phenoxy) is 2. The Labute approximate surface area is 232 Å². The number of carbonyl (C=O) groups is 1. The van der Waals surface area contributed by atoms with Crippen LogP contribution in [0.15, 0.2) is 52.3 Å². The highest BCUT2D eigenvalue weighted by Crippen LogP contribution is 2.45. The van der Waals surface area contributed by atoms with Gasteiger partial charge >= 0.3 is 5.97 Å². The quantitative estimate of drug-likeness (QED) is 0.201. The first kappa shape index (κ1) is 28.1. The van der Waals surface area contributed by atoms with E-state index in [2.05, 4.69) is 29.5 Å². The highest BCUT2D eigenvalue weighted by atomic mass is 32.2. The number of benzene rings is 2. The van der Waals surface area contributed by atoms with Gasteiger partial charge in [-0.05, 0) is 69.5 Å². The molecule has 0 aliphatic carbocycles. The molecule has 0 radical (unpaired) electrons. The fraction of sp³-hybridized carbons (Fsp3) is 0.500. The largest absolute Gasteiger partial charge is 0.456 e. The summed E-state index contributed by atoms with van der Waals surface area (Å²) in [6.45, 7) is 13.4. The summed E-state index contributed by atoms with van der Waals surface area (Å²) in [5.41, 5.74) is 2.29. The van der Waals surface area contributed by atoms with Crippen LogP contribution in [0.25, 0.3) is 10.9 Å². The molecule has 1 N–H and O–H groups in total. The van der Waals surface area contributed by atoms with E-state index in [9.17, 15) is 13.2 Å². The molecule has 0 spiro atoms. The molecule has 9 heteroatoms. The van der Waals surface area contributed by atoms with E-state index in [4.69, 9.17) is 9.47 Å². The van der Waals surface area contributed by atoms with Gasteiger partial charge in [0.05, 0.1) is 20.9 Å². The number of fused-ring (bicyclic) bond motifs is 6. The maximum Gasteiger partial charge on any atom is 0.340 e. The molecular formula is C30H40N2O5SSi. The highest BCUT2D eigenvalue weighted by molar-refractivity contribution is 7.91. The second-order valence-corrected chi connectivity index (χ2v) is 20.5. The van der Waals surface area contributed by atoms with Crippen LogP contribution in [0, 0.1) is 0 Å². The van der Waals surface area contributed by atoms with E-state index in [1.165, 1.54) is 0 Å². The molecule has 39 heavy (non-hydrogen) atoms. The smallest absolute Gasteiger partial charge is 0.340 e. The van der Waals surface area contributed by atoms with Crippen LogP contribution in [0.2, 0.25) is 25.7 Å². The predicted molar refractivity (Wildman–Crippen MR) is 156 cm³/mol. The molecule has 0 amide bonds. The SMILES string of the molecule is CC(C)(C)OC(=O)c1c(S(=O)(=O)c2ccccc2)ccc2c1c1c(n2COCC[Si](C)(C)C)CC2CCC1N2. The fourth-order valence-electron chi connectivity index (χ4n) is 5.71. The van der Waals surface area contributed by atoms with E-state index in [1.54, 1.807) is 57.2 Å². The van der Waals surface area contributed by atoms with Gasteiger partial charge in [0.1, 0.15) is 12.3 Å². The van der Waals surface area contributed by atoms with Gasteiger partial charge < -0.3 is 19.4 Å². The normalized spacial score (nSPS) is 19.3. The summed E-state index contributed by atoms with van der Waals surface area (Å²) in [6.07, 6.45) is 2.80. The topological polar surface area (TPSA) is 86.6 Å². The summed E-state index contributed by atoms with van der Waals surface area (Å²) in [7, 11) is -5.24. The van der Waals surface area contributed by atoms with Crippen LogP contribution in [0.1, 0.15) is 61.3 Å². The lowest BCUT2D eigenvalue weighted by Crippen LogP contribution is -2.33. The summed E-state index contributed by atoms with van der Waals surface area (Å²) in [6, 6.07) is 13.2. The Kier molecular flexibility index (Phi) is 7.33. The van der Waals surface area contributed by atoms with E-state index in [0.717, 1.165) is 42.1 Å². The summed E-state index contributed by atoms with van der Waals surface area (Å²) in [5, 5.41) is 4.36. The number of nitrogens with zero attached hydrogens (tertiary/aromatic N) is 1. The number of rotatable bonds is 8. The minimum atomic E-state index is -3.99. The van der Waals surface area contributed by atoms with Gasteiger partial charge in [-0.15, -0.1) is 0 Å². The lowest BCUT2D eigenvalue weighted by atomic mass is 9.96. The summed E-state index contributed by atoms with van der Waals surface area (Å²) in [4.78, 5) is 14.0. The van der Waals surface area contributed by atoms with Crippen molar-refractivity contribution >= 4 is 34.8 Å². The van der Waals surface area contributed by atoms with Gasteiger partial charge in [-0.3, -0.25) is 0 Å². The van der Waals surface area contributed by atoms with Crippen molar-refractivity contribution in [2.24, 2.45) is 0 Å². The van der Waals surface area contributed by atoms with E-state index in [-0.39, 0.29) is 21.4 Å². The van der Waals surface area contributed by atoms with Crippen LogP contribution in [0.5, 0.6) is 0 Å². The zero-order chi connectivity index (χ0) is 28.2. The average Bonchev–Trinajstić information content (AvgIpc) is 3.38. The Hall–Kier alpha value is -2.46. The Balaban J connectivity index is 1.73. The van der Waals surface area contributed by atoms with Crippen molar-refractivity contribution in [2.75, 3.05) is 6.61 Å². The minimum absolute atomic E-state index is 0.0184. The van der Waals surface area contributed by atoms with E-state index >= 15 is 0 Å². The molecule has 5 rings (SSSR count). The van der Waals surface area contributed by atoms with Crippen LogP contribution < -0.4 is 5.32 Å². The van der Waals surface area contributed by atoms with Gasteiger partial charge in [0.2, 0.25) is 9.84 Å².